The fourth-order valence-corrected chi connectivity index (χ4v) is 3.45. The Kier molecular flexibility index (Phi) is 8.12. The van der Waals surface area contributed by atoms with Crippen molar-refractivity contribution in [3.8, 4) is 11.5 Å². The second-order valence-corrected chi connectivity index (χ2v) is 7.43. The molecule has 0 aromatic heterocycles. The lowest BCUT2D eigenvalue weighted by atomic mass is 10.2. The Balaban J connectivity index is 1.37. The summed E-state index contributed by atoms with van der Waals surface area (Å²) in [5.74, 6) is 1.63. The van der Waals surface area contributed by atoms with E-state index in [1.807, 2.05) is 66.4 Å². The van der Waals surface area contributed by atoms with Crippen LogP contribution in [0.2, 0.25) is 0 Å². The molecule has 30 heavy (non-hydrogen) atoms. The second-order valence-electron chi connectivity index (χ2n) is 7.43. The van der Waals surface area contributed by atoms with Crippen LogP contribution in [0, 0.1) is 6.92 Å². The van der Waals surface area contributed by atoms with E-state index in [2.05, 4.69) is 0 Å². The van der Waals surface area contributed by atoms with Crippen LogP contribution in [0.3, 0.4) is 0 Å². The summed E-state index contributed by atoms with van der Waals surface area (Å²) in [7, 11) is 0. The van der Waals surface area contributed by atoms with Crippen LogP contribution in [-0.4, -0.2) is 61.0 Å². The molecule has 6 heteroatoms. The maximum absolute atomic E-state index is 12.6. The number of amides is 2. The van der Waals surface area contributed by atoms with Gasteiger partial charge in [-0.1, -0.05) is 36.4 Å². The average Bonchev–Trinajstić information content (AvgIpc) is 3.03. The summed E-state index contributed by atoms with van der Waals surface area (Å²) in [6.45, 7) is 4.99. The summed E-state index contributed by atoms with van der Waals surface area (Å²) in [5.41, 5.74) is 1.09. The predicted molar refractivity (Wildman–Crippen MR) is 116 cm³/mol. The highest BCUT2D eigenvalue weighted by atomic mass is 16.5. The van der Waals surface area contributed by atoms with Crippen LogP contribution < -0.4 is 9.47 Å². The Bertz CT molecular complexity index is 825. The normalized spacial score (nSPS) is 14.2. The van der Waals surface area contributed by atoms with E-state index in [0.29, 0.717) is 51.4 Å². The van der Waals surface area contributed by atoms with Gasteiger partial charge in [-0.05, 0) is 43.5 Å². The Labute approximate surface area is 178 Å². The maximum Gasteiger partial charge on any atom is 0.260 e. The second kappa shape index (κ2) is 11.2. The van der Waals surface area contributed by atoms with Gasteiger partial charge in [0.05, 0.1) is 6.61 Å². The van der Waals surface area contributed by atoms with Crippen LogP contribution in [0.5, 0.6) is 11.5 Å². The lowest BCUT2D eigenvalue weighted by Gasteiger charge is -2.22. The highest BCUT2D eigenvalue weighted by Gasteiger charge is 2.22. The van der Waals surface area contributed by atoms with Gasteiger partial charge in [-0.2, -0.15) is 0 Å². The van der Waals surface area contributed by atoms with Crippen molar-refractivity contribution < 1.29 is 19.1 Å². The number of aryl methyl sites for hydroxylation is 1. The number of nitrogens with zero attached hydrogens (tertiary/aromatic N) is 2. The van der Waals surface area contributed by atoms with Crippen molar-refractivity contribution in [2.75, 3.05) is 39.4 Å². The lowest BCUT2D eigenvalue weighted by molar-refractivity contribution is -0.134. The van der Waals surface area contributed by atoms with Gasteiger partial charge in [0.15, 0.2) is 6.61 Å². The van der Waals surface area contributed by atoms with E-state index in [1.165, 1.54) is 0 Å². The SMILES string of the molecule is Cc1ccccc1OCCCC(=O)N1CCCN(C(=O)COc2ccccc2)CC1. The summed E-state index contributed by atoms with van der Waals surface area (Å²) in [5, 5.41) is 0. The number of ether oxygens (including phenoxy) is 2. The molecule has 1 aliphatic heterocycles. The molecule has 0 N–H and O–H groups in total. The summed E-state index contributed by atoms with van der Waals surface area (Å²) in [6.07, 6.45) is 1.91. The van der Waals surface area contributed by atoms with Gasteiger partial charge in [-0.25, -0.2) is 0 Å². The van der Waals surface area contributed by atoms with Gasteiger partial charge in [0.1, 0.15) is 11.5 Å². The van der Waals surface area contributed by atoms with Crippen molar-refractivity contribution in [1.82, 2.24) is 9.80 Å². The molecule has 2 amide bonds. The van der Waals surface area contributed by atoms with Crippen LogP contribution in [0.25, 0.3) is 0 Å². The third-order valence-corrected chi connectivity index (χ3v) is 5.19. The van der Waals surface area contributed by atoms with Crippen LogP contribution in [0.4, 0.5) is 0 Å². The number of hydrogen-bond donors (Lipinski definition) is 0. The molecule has 0 aliphatic carbocycles. The van der Waals surface area contributed by atoms with Crippen molar-refractivity contribution in [2.24, 2.45) is 0 Å². The molecule has 1 fully saturated rings. The number of benzene rings is 2. The largest absolute Gasteiger partial charge is 0.493 e. The standard InChI is InChI=1S/C24H30N2O4/c1-20-9-5-6-12-22(20)29-18-7-13-23(27)25-14-8-15-26(17-16-25)24(28)19-30-21-10-3-2-4-11-21/h2-6,9-12H,7-8,13-19H2,1H3. The summed E-state index contributed by atoms with van der Waals surface area (Å²) in [4.78, 5) is 28.7. The molecule has 2 aromatic carbocycles. The van der Waals surface area contributed by atoms with E-state index in [-0.39, 0.29) is 18.4 Å². The minimum absolute atomic E-state index is 0.0220. The molecular weight excluding hydrogens is 380 g/mol. The first-order valence-electron chi connectivity index (χ1n) is 10.6. The van der Waals surface area contributed by atoms with Gasteiger partial charge in [-0.15, -0.1) is 0 Å². The molecular formula is C24H30N2O4. The minimum Gasteiger partial charge on any atom is -0.493 e. The number of carbonyl (C=O) groups is 2. The number of para-hydroxylation sites is 2. The number of rotatable bonds is 8. The van der Waals surface area contributed by atoms with Crippen molar-refractivity contribution >= 4 is 11.8 Å². The highest BCUT2D eigenvalue weighted by Crippen LogP contribution is 2.16. The van der Waals surface area contributed by atoms with Gasteiger partial charge in [0, 0.05) is 32.6 Å². The third kappa shape index (κ3) is 6.51. The smallest absolute Gasteiger partial charge is 0.260 e. The van der Waals surface area contributed by atoms with Gasteiger partial charge < -0.3 is 19.3 Å². The Morgan fingerprint density at radius 1 is 0.833 bits per heavy atom. The van der Waals surface area contributed by atoms with Crippen LogP contribution in [0.1, 0.15) is 24.8 Å². The number of hydrogen-bond acceptors (Lipinski definition) is 4. The molecule has 3 rings (SSSR count). The zero-order chi connectivity index (χ0) is 21.2. The molecule has 0 bridgehead atoms. The summed E-state index contributed by atoms with van der Waals surface area (Å²) < 4.78 is 11.3. The molecule has 0 spiro atoms. The minimum atomic E-state index is -0.0419. The molecule has 1 aliphatic rings. The average molecular weight is 411 g/mol. The van der Waals surface area contributed by atoms with Gasteiger partial charge >= 0.3 is 0 Å². The topological polar surface area (TPSA) is 59.1 Å². The van der Waals surface area contributed by atoms with Gasteiger partial charge in [-0.3, -0.25) is 9.59 Å². The van der Waals surface area contributed by atoms with Crippen LogP contribution in [-0.2, 0) is 9.59 Å². The quantitative estimate of drug-likeness (QED) is 0.627. The molecule has 160 valence electrons. The van der Waals surface area contributed by atoms with Gasteiger partial charge in [0.25, 0.3) is 5.91 Å². The monoisotopic (exact) mass is 410 g/mol. The Hall–Kier alpha value is -3.02. The third-order valence-electron chi connectivity index (χ3n) is 5.19. The first-order valence-corrected chi connectivity index (χ1v) is 10.6. The molecule has 2 aromatic rings. The van der Waals surface area contributed by atoms with E-state index in [4.69, 9.17) is 9.47 Å². The number of carbonyl (C=O) groups excluding carboxylic acids is 2. The Morgan fingerprint density at radius 3 is 2.23 bits per heavy atom. The molecule has 0 radical (unpaired) electrons. The first kappa shape index (κ1) is 21.7. The fourth-order valence-electron chi connectivity index (χ4n) is 3.45. The summed E-state index contributed by atoms with van der Waals surface area (Å²) >= 11 is 0. The molecule has 0 unspecified atom stereocenters. The highest BCUT2D eigenvalue weighted by molar-refractivity contribution is 5.78. The zero-order valence-corrected chi connectivity index (χ0v) is 17.6. The van der Waals surface area contributed by atoms with E-state index < -0.39 is 0 Å². The van der Waals surface area contributed by atoms with Gasteiger partial charge in [0.2, 0.25) is 5.91 Å². The molecule has 1 heterocycles. The van der Waals surface area contributed by atoms with Crippen molar-refractivity contribution in [2.45, 2.75) is 26.2 Å². The van der Waals surface area contributed by atoms with Crippen molar-refractivity contribution in [1.29, 1.82) is 0 Å². The van der Waals surface area contributed by atoms with E-state index in [9.17, 15) is 9.59 Å². The Morgan fingerprint density at radius 2 is 1.50 bits per heavy atom. The predicted octanol–water partition coefficient (Wildman–Crippen LogP) is 3.29. The van der Waals surface area contributed by atoms with Crippen LogP contribution >= 0.6 is 0 Å². The fraction of sp³-hybridized carbons (Fsp3) is 0.417. The maximum atomic E-state index is 12.6. The molecule has 6 nitrogen and oxygen atoms in total. The first-order chi connectivity index (χ1) is 14.6. The van der Waals surface area contributed by atoms with E-state index in [0.717, 1.165) is 17.7 Å². The molecule has 0 saturated carbocycles. The summed E-state index contributed by atoms with van der Waals surface area (Å²) in [6, 6.07) is 17.2. The lowest BCUT2D eigenvalue weighted by Crippen LogP contribution is -2.39. The van der Waals surface area contributed by atoms with Crippen LogP contribution in [0.15, 0.2) is 54.6 Å². The van der Waals surface area contributed by atoms with E-state index >= 15 is 0 Å². The zero-order valence-electron chi connectivity index (χ0n) is 17.6. The molecule has 0 atom stereocenters. The van der Waals surface area contributed by atoms with E-state index in [1.54, 1.807) is 4.90 Å². The van der Waals surface area contributed by atoms with Crippen molar-refractivity contribution in [3.63, 3.8) is 0 Å². The molecule has 1 saturated heterocycles. The van der Waals surface area contributed by atoms with Crippen molar-refractivity contribution in [3.05, 3.63) is 60.2 Å².